The minimum Gasteiger partial charge on any atom is -0.0985 e. The fourth-order valence-corrected chi connectivity index (χ4v) is 1.05. The minimum absolute atomic E-state index is 1.17. The Bertz CT molecular complexity index is 288. The lowest BCUT2D eigenvalue weighted by Crippen LogP contribution is -1.78. The number of allylic oxidation sites excluding steroid dienone is 2. The average molecular weight is 158 g/mol. The summed E-state index contributed by atoms with van der Waals surface area (Å²) in [5.74, 6) is 0. The molecule has 0 atom stereocenters. The van der Waals surface area contributed by atoms with Gasteiger partial charge in [-0.15, -0.1) is 0 Å². The molecule has 0 fully saturated rings. The lowest BCUT2D eigenvalue weighted by Gasteiger charge is -2.00. The number of hydrogen-bond donors (Lipinski definition) is 0. The van der Waals surface area contributed by atoms with Gasteiger partial charge in [0.25, 0.3) is 0 Å². The molecule has 0 heteroatoms. The summed E-state index contributed by atoms with van der Waals surface area (Å²) < 4.78 is 0. The van der Waals surface area contributed by atoms with Crippen LogP contribution in [0, 0.1) is 0 Å². The molecule has 1 aromatic carbocycles. The van der Waals surface area contributed by atoms with Gasteiger partial charge < -0.3 is 0 Å². The topological polar surface area (TPSA) is 0 Å². The van der Waals surface area contributed by atoms with Gasteiger partial charge in [-0.3, -0.25) is 0 Å². The second-order valence-corrected chi connectivity index (χ2v) is 2.80. The first kappa shape index (κ1) is 8.79. The Morgan fingerprint density at radius 1 is 1.25 bits per heavy atom. The van der Waals surface area contributed by atoms with Crippen LogP contribution in [0.2, 0.25) is 0 Å². The highest BCUT2D eigenvalue weighted by atomic mass is 14.0. The van der Waals surface area contributed by atoms with Crippen molar-refractivity contribution in [3.8, 4) is 0 Å². The van der Waals surface area contributed by atoms with Gasteiger partial charge in [0.2, 0.25) is 0 Å². The minimum atomic E-state index is 1.17. The van der Waals surface area contributed by atoms with Crippen molar-refractivity contribution < 1.29 is 0 Å². The first-order valence-electron chi connectivity index (χ1n) is 4.13. The first-order valence-corrected chi connectivity index (χ1v) is 4.13. The molecule has 12 heavy (non-hydrogen) atoms. The Kier molecular flexibility index (Phi) is 2.87. The van der Waals surface area contributed by atoms with Crippen molar-refractivity contribution in [1.29, 1.82) is 0 Å². The lowest BCUT2D eigenvalue weighted by atomic mass is 10.1. The van der Waals surface area contributed by atoms with Gasteiger partial charge in [0, 0.05) is 0 Å². The smallest absolute Gasteiger partial charge is 0.0230 e. The van der Waals surface area contributed by atoms with E-state index in [4.69, 9.17) is 0 Å². The largest absolute Gasteiger partial charge is 0.0985 e. The lowest BCUT2D eigenvalue weighted by molar-refractivity contribution is 1.53. The molecular weight excluding hydrogens is 144 g/mol. The van der Waals surface area contributed by atoms with Crippen LogP contribution in [-0.4, -0.2) is 0 Å². The molecule has 0 spiro atoms. The molecule has 0 aliphatic heterocycles. The molecule has 0 unspecified atom stereocenters. The molecular formula is C12H14. The highest BCUT2D eigenvalue weighted by molar-refractivity contribution is 5.64. The van der Waals surface area contributed by atoms with E-state index in [0.717, 1.165) is 0 Å². The molecule has 0 aromatic heterocycles. The standard InChI is InChI=1S/C12H14/c1-4-10(3)12-8-6-11(5-2)7-9-12/h4-9H,2H2,1,3H3/b10-4-. The zero-order chi connectivity index (χ0) is 8.97. The molecule has 62 valence electrons. The van der Waals surface area contributed by atoms with Crippen molar-refractivity contribution in [2.45, 2.75) is 13.8 Å². The Labute approximate surface area is 74.2 Å². The second-order valence-electron chi connectivity index (χ2n) is 2.80. The summed E-state index contributed by atoms with van der Waals surface area (Å²) in [6, 6.07) is 8.39. The fourth-order valence-electron chi connectivity index (χ4n) is 1.05. The van der Waals surface area contributed by atoms with Crippen LogP contribution >= 0.6 is 0 Å². The summed E-state index contributed by atoms with van der Waals surface area (Å²) in [5.41, 5.74) is 3.76. The van der Waals surface area contributed by atoms with Crippen molar-refractivity contribution in [2.24, 2.45) is 0 Å². The van der Waals surface area contributed by atoms with Crippen LogP contribution < -0.4 is 0 Å². The molecule has 0 saturated heterocycles. The van der Waals surface area contributed by atoms with Crippen LogP contribution in [0.1, 0.15) is 25.0 Å². The van der Waals surface area contributed by atoms with E-state index in [1.165, 1.54) is 16.7 Å². The van der Waals surface area contributed by atoms with Crippen LogP contribution in [-0.2, 0) is 0 Å². The second kappa shape index (κ2) is 3.91. The molecule has 1 rings (SSSR count). The van der Waals surface area contributed by atoms with Crippen LogP contribution in [0.3, 0.4) is 0 Å². The number of rotatable bonds is 2. The van der Waals surface area contributed by atoms with Crippen LogP contribution in [0.4, 0.5) is 0 Å². The van der Waals surface area contributed by atoms with Gasteiger partial charge in [0.15, 0.2) is 0 Å². The highest BCUT2D eigenvalue weighted by Gasteiger charge is 1.92. The van der Waals surface area contributed by atoms with Gasteiger partial charge in [-0.1, -0.05) is 43.0 Å². The van der Waals surface area contributed by atoms with Crippen molar-refractivity contribution in [3.63, 3.8) is 0 Å². The quantitative estimate of drug-likeness (QED) is 0.615. The van der Waals surface area contributed by atoms with Crippen molar-refractivity contribution in [3.05, 3.63) is 48.0 Å². The molecule has 0 bridgehead atoms. The van der Waals surface area contributed by atoms with E-state index < -0.39 is 0 Å². The third kappa shape index (κ3) is 1.85. The van der Waals surface area contributed by atoms with E-state index in [1.807, 2.05) is 6.08 Å². The summed E-state index contributed by atoms with van der Waals surface area (Å²) in [7, 11) is 0. The average Bonchev–Trinajstić information content (AvgIpc) is 2.17. The van der Waals surface area contributed by atoms with Gasteiger partial charge in [-0.25, -0.2) is 0 Å². The highest BCUT2D eigenvalue weighted by Crippen LogP contribution is 2.14. The molecule has 0 heterocycles. The van der Waals surface area contributed by atoms with E-state index in [2.05, 4.69) is 50.8 Å². The SMILES string of the molecule is C=Cc1ccc(/C(C)=C\C)cc1. The first-order chi connectivity index (χ1) is 5.77. The Hall–Kier alpha value is -1.30. The van der Waals surface area contributed by atoms with Crippen molar-refractivity contribution in [2.75, 3.05) is 0 Å². The van der Waals surface area contributed by atoms with E-state index in [9.17, 15) is 0 Å². The summed E-state index contributed by atoms with van der Waals surface area (Å²) >= 11 is 0. The Morgan fingerprint density at radius 3 is 2.25 bits per heavy atom. The predicted molar refractivity (Wildman–Crippen MR) is 55.9 cm³/mol. The van der Waals surface area contributed by atoms with Crippen LogP contribution in [0.15, 0.2) is 36.9 Å². The summed E-state index contributed by atoms with van der Waals surface area (Å²) in [4.78, 5) is 0. The predicted octanol–water partition coefficient (Wildman–Crippen LogP) is 3.75. The Morgan fingerprint density at radius 2 is 1.83 bits per heavy atom. The van der Waals surface area contributed by atoms with Gasteiger partial charge in [0.1, 0.15) is 0 Å². The van der Waals surface area contributed by atoms with E-state index >= 15 is 0 Å². The molecule has 0 N–H and O–H groups in total. The van der Waals surface area contributed by atoms with Crippen LogP contribution in [0.5, 0.6) is 0 Å². The van der Waals surface area contributed by atoms with Gasteiger partial charge in [-0.2, -0.15) is 0 Å². The van der Waals surface area contributed by atoms with E-state index in [-0.39, 0.29) is 0 Å². The molecule has 0 aliphatic rings. The van der Waals surface area contributed by atoms with Gasteiger partial charge in [-0.05, 0) is 30.5 Å². The number of hydrogen-bond acceptors (Lipinski definition) is 0. The molecule has 0 amide bonds. The monoisotopic (exact) mass is 158 g/mol. The fraction of sp³-hybridized carbons (Fsp3) is 0.167. The maximum absolute atomic E-state index is 3.71. The van der Waals surface area contributed by atoms with Gasteiger partial charge >= 0.3 is 0 Å². The molecule has 0 aliphatic carbocycles. The van der Waals surface area contributed by atoms with Crippen molar-refractivity contribution >= 4 is 11.6 Å². The summed E-state index contributed by atoms with van der Waals surface area (Å²) in [6.07, 6.45) is 3.97. The summed E-state index contributed by atoms with van der Waals surface area (Å²) in [6.45, 7) is 7.88. The zero-order valence-electron chi connectivity index (χ0n) is 7.67. The third-order valence-electron chi connectivity index (χ3n) is 2.03. The summed E-state index contributed by atoms with van der Waals surface area (Å²) in [5, 5.41) is 0. The van der Waals surface area contributed by atoms with Crippen LogP contribution in [0.25, 0.3) is 11.6 Å². The molecule has 1 aromatic rings. The molecule has 0 radical (unpaired) electrons. The van der Waals surface area contributed by atoms with Crippen molar-refractivity contribution in [1.82, 2.24) is 0 Å². The molecule has 0 nitrogen and oxygen atoms in total. The number of benzene rings is 1. The van der Waals surface area contributed by atoms with E-state index in [1.54, 1.807) is 0 Å². The molecule has 0 saturated carbocycles. The Balaban J connectivity index is 2.99. The van der Waals surface area contributed by atoms with E-state index in [0.29, 0.717) is 0 Å². The third-order valence-corrected chi connectivity index (χ3v) is 2.03. The maximum atomic E-state index is 3.71. The maximum Gasteiger partial charge on any atom is -0.0230 e. The normalized spacial score (nSPS) is 11.3. The van der Waals surface area contributed by atoms with Gasteiger partial charge in [0.05, 0.1) is 0 Å². The zero-order valence-corrected chi connectivity index (χ0v) is 7.67.